The largest absolute Gasteiger partial charge is 0.507 e. The smallest absolute Gasteiger partial charge is 0.121 e. The Labute approximate surface area is 160 Å². The topological polar surface area (TPSA) is 40.5 Å². The summed E-state index contributed by atoms with van der Waals surface area (Å²) >= 11 is 3.74. The first-order valence-electron chi connectivity index (χ1n) is 8.70. The molecule has 2 N–H and O–H groups in total. The first-order valence-corrected chi connectivity index (χ1v) is 9.82. The van der Waals surface area contributed by atoms with E-state index in [0.29, 0.717) is 11.5 Å². The lowest BCUT2D eigenvalue weighted by Crippen LogP contribution is -2.14. The van der Waals surface area contributed by atoms with E-state index in [1.807, 2.05) is 27.7 Å². The predicted octanol–water partition coefficient (Wildman–Crippen LogP) is 6.09. The van der Waals surface area contributed by atoms with Crippen LogP contribution >= 0.6 is 15.9 Å². The quantitative estimate of drug-likeness (QED) is 0.607. The highest BCUT2D eigenvalue weighted by molar-refractivity contribution is 9.09. The molecular formula is C22H29BrO2. The molecule has 0 aliphatic heterocycles. The van der Waals surface area contributed by atoms with Crippen LogP contribution < -0.4 is 0 Å². The molecule has 0 fully saturated rings. The van der Waals surface area contributed by atoms with Crippen LogP contribution in [0.15, 0.2) is 0 Å². The number of rotatable bonds is 3. The monoisotopic (exact) mass is 404 g/mol. The van der Waals surface area contributed by atoms with Crippen molar-refractivity contribution in [2.75, 3.05) is 5.33 Å². The third kappa shape index (κ3) is 2.97. The Morgan fingerprint density at radius 3 is 1.00 bits per heavy atom. The summed E-state index contributed by atoms with van der Waals surface area (Å²) in [5.41, 5.74) is 10.9. The zero-order chi connectivity index (χ0) is 19.2. The van der Waals surface area contributed by atoms with Gasteiger partial charge in [-0.25, -0.2) is 0 Å². The van der Waals surface area contributed by atoms with Crippen molar-refractivity contribution in [3.8, 4) is 11.5 Å². The van der Waals surface area contributed by atoms with E-state index in [0.717, 1.165) is 49.8 Å². The normalized spacial score (nSPS) is 11.4. The van der Waals surface area contributed by atoms with Crippen LogP contribution in [0.2, 0.25) is 0 Å². The van der Waals surface area contributed by atoms with Crippen LogP contribution in [-0.2, 0) is 0 Å². The Kier molecular flexibility index (Phi) is 5.58. The maximum Gasteiger partial charge on any atom is 0.121 e. The van der Waals surface area contributed by atoms with Gasteiger partial charge in [-0.05, 0) is 111 Å². The molecule has 3 heteroatoms. The van der Waals surface area contributed by atoms with Gasteiger partial charge in [-0.2, -0.15) is 0 Å². The van der Waals surface area contributed by atoms with Crippen molar-refractivity contribution in [2.45, 2.75) is 61.3 Å². The molecule has 0 spiro atoms. The second-order valence-corrected chi connectivity index (χ2v) is 7.88. The molecule has 0 amide bonds. The molecule has 136 valence electrons. The number of phenols is 2. The van der Waals surface area contributed by atoms with Crippen LogP contribution in [-0.4, -0.2) is 15.5 Å². The number of halogens is 1. The molecule has 0 radical (unpaired) electrons. The van der Waals surface area contributed by atoms with E-state index in [1.165, 1.54) is 11.1 Å². The maximum atomic E-state index is 10.4. The summed E-state index contributed by atoms with van der Waals surface area (Å²) in [6, 6.07) is 0. The number of hydrogen-bond acceptors (Lipinski definition) is 2. The van der Waals surface area contributed by atoms with E-state index in [1.54, 1.807) is 0 Å². The van der Waals surface area contributed by atoms with Gasteiger partial charge in [0.25, 0.3) is 0 Å². The van der Waals surface area contributed by atoms with Crippen molar-refractivity contribution in [1.29, 1.82) is 0 Å². The maximum absolute atomic E-state index is 10.4. The summed E-state index contributed by atoms with van der Waals surface area (Å²) in [6.07, 6.45) is 0. The molecule has 0 saturated heterocycles. The first kappa shape index (κ1) is 19.8. The fourth-order valence-electron chi connectivity index (χ4n) is 3.99. The molecule has 2 aromatic carbocycles. The molecule has 0 heterocycles. The molecule has 0 atom stereocenters. The number of hydrogen-bond donors (Lipinski definition) is 2. The third-order valence-corrected chi connectivity index (χ3v) is 6.79. The molecule has 0 aliphatic rings. The SMILES string of the molecule is Cc1c(C)c(C(CBr)c2c(C)c(C)c(O)c(C)c2C)c(C)c(C)c1O. The lowest BCUT2D eigenvalue weighted by Gasteiger charge is -2.28. The minimum atomic E-state index is 0.177. The van der Waals surface area contributed by atoms with Gasteiger partial charge in [0.05, 0.1) is 0 Å². The van der Waals surface area contributed by atoms with Gasteiger partial charge in [0.15, 0.2) is 0 Å². The van der Waals surface area contributed by atoms with Gasteiger partial charge in [0, 0.05) is 11.2 Å². The summed E-state index contributed by atoms with van der Waals surface area (Å²) in [7, 11) is 0. The van der Waals surface area contributed by atoms with E-state index in [-0.39, 0.29) is 5.92 Å². The summed E-state index contributed by atoms with van der Waals surface area (Å²) in [5.74, 6) is 0.980. The lowest BCUT2D eigenvalue weighted by molar-refractivity contribution is 0.465. The molecule has 0 bridgehead atoms. The van der Waals surface area contributed by atoms with Crippen molar-refractivity contribution < 1.29 is 10.2 Å². The molecule has 0 aromatic heterocycles. The Balaban J connectivity index is 2.90. The van der Waals surface area contributed by atoms with Crippen molar-refractivity contribution in [3.05, 3.63) is 55.6 Å². The first-order chi connectivity index (χ1) is 11.6. The van der Waals surface area contributed by atoms with E-state index >= 15 is 0 Å². The van der Waals surface area contributed by atoms with Gasteiger partial charge < -0.3 is 10.2 Å². The fourth-order valence-corrected chi connectivity index (χ4v) is 4.63. The van der Waals surface area contributed by atoms with Gasteiger partial charge in [0.2, 0.25) is 0 Å². The van der Waals surface area contributed by atoms with E-state index < -0.39 is 0 Å². The van der Waals surface area contributed by atoms with E-state index in [2.05, 4.69) is 43.6 Å². The second kappa shape index (κ2) is 7.03. The highest BCUT2D eigenvalue weighted by Gasteiger charge is 2.26. The summed E-state index contributed by atoms with van der Waals surface area (Å²) in [5, 5.41) is 21.6. The Bertz CT molecular complexity index is 723. The summed E-state index contributed by atoms with van der Waals surface area (Å²) in [4.78, 5) is 0. The number of benzene rings is 2. The molecule has 0 aliphatic carbocycles. The lowest BCUT2D eigenvalue weighted by atomic mass is 9.78. The van der Waals surface area contributed by atoms with Crippen molar-refractivity contribution in [1.82, 2.24) is 0 Å². The summed E-state index contributed by atoms with van der Waals surface area (Å²) < 4.78 is 0. The minimum Gasteiger partial charge on any atom is -0.507 e. The Morgan fingerprint density at radius 1 is 0.560 bits per heavy atom. The zero-order valence-electron chi connectivity index (χ0n) is 16.6. The van der Waals surface area contributed by atoms with Crippen LogP contribution in [0.5, 0.6) is 11.5 Å². The van der Waals surface area contributed by atoms with Crippen LogP contribution in [0.25, 0.3) is 0 Å². The highest BCUT2D eigenvalue weighted by atomic mass is 79.9. The Morgan fingerprint density at radius 2 is 0.800 bits per heavy atom. The van der Waals surface area contributed by atoms with Gasteiger partial charge in [-0.1, -0.05) is 15.9 Å². The molecule has 2 rings (SSSR count). The third-order valence-electron chi connectivity index (χ3n) is 6.14. The van der Waals surface area contributed by atoms with E-state index in [4.69, 9.17) is 0 Å². The van der Waals surface area contributed by atoms with Gasteiger partial charge in [-0.15, -0.1) is 0 Å². The number of phenolic OH excluding ortho intramolecular Hbond substituents is 2. The Hall–Kier alpha value is -1.48. The summed E-state index contributed by atoms with van der Waals surface area (Å²) in [6.45, 7) is 16.3. The molecule has 25 heavy (non-hydrogen) atoms. The number of alkyl halides is 1. The predicted molar refractivity (Wildman–Crippen MR) is 110 cm³/mol. The van der Waals surface area contributed by atoms with Crippen molar-refractivity contribution in [2.24, 2.45) is 0 Å². The number of aromatic hydroxyl groups is 2. The van der Waals surface area contributed by atoms with Crippen LogP contribution in [0.1, 0.15) is 61.6 Å². The van der Waals surface area contributed by atoms with Gasteiger partial charge >= 0.3 is 0 Å². The van der Waals surface area contributed by atoms with Crippen molar-refractivity contribution >= 4 is 15.9 Å². The molecule has 0 unspecified atom stereocenters. The standard InChI is InChI=1S/C22H29BrO2/c1-10-14(5)21(24)15(6)11(2)19(10)18(9-23)20-12(3)16(7)22(25)17(8)13(20)4/h18,24-25H,9H2,1-8H3. The van der Waals surface area contributed by atoms with Gasteiger partial charge in [0.1, 0.15) is 11.5 Å². The van der Waals surface area contributed by atoms with Crippen LogP contribution in [0.4, 0.5) is 0 Å². The van der Waals surface area contributed by atoms with Gasteiger partial charge in [-0.3, -0.25) is 0 Å². The molecular weight excluding hydrogens is 376 g/mol. The van der Waals surface area contributed by atoms with Crippen LogP contribution in [0, 0.1) is 55.4 Å². The van der Waals surface area contributed by atoms with Crippen molar-refractivity contribution in [3.63, 3.8) is 0 Å². The van der Waals surface area contributed by atoms with Crippen LogP contribution in [0.3, 0.4) is 0 Å². The molecule has 2 aromatic rings. The molecule has 2 nitrogen and oxygen atoms in total. The average Bonchev–Trinajstić information content (AvgIpc) is 2.60. The average molecular weight is 405 g/mol. The van der Waals surface area contributed by atoms with E-state index in [9.17, 15) is 10.2 Å². The highest BCUT2D eigenvalue weighted by Crippen LogP contribution is 2.43. The fraction of sp³-hybridized carbons (Fsp3) is 0.455. The molecule has 0 saturated carbocycles. The zero-order valence-corrected chi connectivity index (χ0v) is 18.1. The minimum absolute atomic E-state index is 0.177. The second-order valence-electron chi connectivity index (χ2n) is 7.23.